The minimum atomic E-state index is -1.52. The summed E-state index contributed by atoms with van der Waals surface area (Å²) in [7, 11) is 0. The Morgan fingerprint density at radius 2 is 1.75 bits per heavy atom. The molecule has 0 radical (unpaired) electrons. The zero-order valence-electron chi connectivity index (χ0n) is 9.05. The van der Waals surface area contributed by atoms with Crippen molar-refractivity contribution in [3.8, 4) is 0 Å². The average Bonchev–Trinajstić information content (AvgIpc) is 2.15. The van der Waals surface area contributed by atoms with Crippen molar-refractivity contribution in [2.24, 2.45) is 5.73 Å². The third-order valence-corrected chi connectivity index (χ3v) is 6.55. The predicted octanol–water partition coefficient (Wildman–Crippen LogP) is 0.658. The largest absolute Gasteiger partial charge is 0.465 e. The molecule has 0 saturated carbocycles. The molecule has 0 fully saturated rings. The summed E-state index contributed by atoms with van der Waals surface area (Å²) >= 11 is -1.52. The van der Waals surface area contributed by atoms with Crippen LogP contribution in [0.4, 0.5) is 4.79 Å². The van der Waals surface area contributed by atoms with Gasteiger partial charge in [-0.1, -0.05) is 0 Å². The smallest absolute Gasteiger partial charge is 0.402 e. The molecular formula is C9H14HgN2O4. The van der Waals surface area contributed by atoms with Crippen LogP contribution in [0.5, 0.6) is 0 Å². The molecule has 0 saturated heterocycles. The number of primary amides is 1. The van der Waals surface area contributed by atoms with Crippen LogP contribution >= 0.6 is 0 Å². The molecule has 0 bridgehead atoms. The summed E-state index contributed by atoms with van der Waals surface area (Å²) < 4.78 is 6.25. The van der Waals surface area contributed by atoms with Gasteiger partial charge < -0.3 is 17.0 Å². The molecule has 7 heteroatoms. The van der Waals surface area contributed by atoms with Crippen molar-refractivity contribution < 1.29 is 42.4 Å². The summed E-state index contributed by atoms with van der Waals surface area (Å²) in [5.41, 5.74) is 4.03. The van der Waals surface area contributed by atoms with Gasteiger partial charge in [0.05, 0.1) is 0 Å². The van der Waals surface area contributed by atoms with E-state index in [1.165, 1.54) is 10.00 Å². The molecular weight excluding hydrogens is 401 g/mol. The summed E-state index contributed by atoms with van der Waals surface area (Å²) in [4.78, 5) is 19.2. The van der Waals surface area contributed by atoms with E-state index in [-0.39, 0.29) is 12.1 Å². The van der Waals surface area contributed by atoms with Crippen molar-refractivity contribution in [3.63, 3.8) is 0 Å². The van der Waals surface area contributed by atoms with Crippen LogP contribution in [0.2, 0.25) is 0 Å². The van der Waals surface area contributed by atoms with Gasteiger partial charge in [-0.15, -0.1) is 0 Å². The van der Waals surface area contributed by atoms with E-state index in [9.17, 15) is 4.79 Å². The molecule has 86 valence electrons. The molecule has 6 N–H and O–H groups in total. The Morgan fingerprint density at radius 3 is 2.12 bits per heavy atom. The fourth-order valence-electron chi connectivity index (χ4n) is 0.759. The fourth-order valence-corrected chi connectivity index (χ4v) is 4.00. The minimum Gasteiger partial charge on any atom is -0.465 e. The molecule has 0 spiro atoms. The zero-order chi connectivity index (χ0) is 11.7. The van der Waals surface area contributed by atoms with Crippen LogP contribution in [0, 0.1) is 0 Å². The van der Waals surface area contributed by atoms with Gasteiger partial charge in [0.2, 0.25) is 0 Å². The maximum Gasteiger partial charge on any atom is 0.402 e. The predicted molar refractivity (Wildman–Crippen MR) is 55.1 cm³/mol. The van der Waals surface area contributed by atoms with Crippen molar-refractivity contribution in [2.45, 2.75) is 6.92 Å². The van der Waals surface area contributed by atoms with Crippen LogP contribution in [0.25, 0.3) is 0 Å². The SMILES string of the molecule is CC(=O)[O][Hg][c]1ccccc1.N.NC(=O)O. The number of carboxylic acid groups (broad SMARTS) is 1. The Bertz CT molecular complexity index is 315. The van der Waals surface area contributed by atoms with Gasteiger partial charge in [-0.25, -0.2) is 4.79 Å². The molecule has 16 heavy (non-hydrogen) atoms. The maximum atomic E-state index is 10.5. The molecule has 0 aromatic heterocycles. The number of nitrogens with two attached hydrogens (primary N) is 1. The number of amides is 1. The number of carbonyl (C=O) groups is 2. The van der Waals surface area contributed by atoms with E-state index in [2.05, 4.69) is 5.73 Å². The zero-order valence-corrected chi connectivity index (χ0v) is 14.5. The monoisotopic (exact) mass is 416 g/mol. The molecule has 1 rings (SSSR count). The standard InChI is InChI=1S/C6H5.C2H4O2.CH3NO2.Hg.H3N/c1-2-4-6-5-3-1;1-2(3)4;2-1(3)4;;/h1-5H;1H3,(H,3,4);2H2,(H,3,4);;1H3/q;;;+1;/p-1. The summed E-state index contributed by atoms with van der Waals surface area (Å²) in [5, 5.41) is 7.19. The average molecular weight is 415 g/mol. The number of hydrogen-bond acceptors (Lipinski definition) is 4. The first-order valence-corrected chi connectivity index (χ1v) is 9.17. The summed E-state index contributed by atoms with van der Waals surface area (Å²) in [6.07, 6.45) is -1.33. The van der Waals surface area contributed by atoms with Crippen LogP contribution < -0.4 is 15.0 Å². The van der Waals surface area contributed by atoms with Gasteiger partial charge in [0.15, 0.2) is 0 Å². The Hall–Kier alpha value is -1.14. The second-order valence-corrected chi connectivity index (χ2v) is 8.02. The molecule has 0 unspecified atom stereocenters. The van der Waals surface area contributed by atoms with Gasteiger partial charge in [-0.2, -0.15) is 0 Å². The Labute approximate surface area is 106 Å². The second-order valence-electron chi connectivity index (χ2n) is 2.60. The third kappa shape index (κ3) is 12.9. The van der Waals surface area contributed by atoms with E-state index in [0.717, 1.165) is 0 Å². The van der Waals surface area contributed by atoms with Crippen molar-refractivity contribution in [1.82, 2.24) is 6.15 Å². The Balaban J connectivity index is 0. The van der Waals surface area contributed by atoms with Crippen LogP contribution in [0.1, 0.15) is 6.92 Å². The van der Waals surface area contributed by atoms with Crippen molar-refractivity contribution in [1.29, 1.82) is 0 Å². The first-order valence-electron chi connectivity index (χ1n) is 4.18. The van der Waals surface area contributed by atoms with E-state index in [0.29, 0.717) is 0 Å². The minimum absolute atomic E-state index is 0. The molecule has 1 aromatic rings. The first kappa shape index (κ1) is 17.3. The van der Waals surface area contributed by atoms with Gasteiger partial charge in [-0.05, 0) is 0 Å². The summed E-state index contributed by atoms with van der Waals surface area (Å²) in [6.45, 7) is 1.46. The first-order chi connectivity index (χ1) is 7.02. The van der Waals surface area contributed by atoms with Crippen molar-refractivity contribution >= 4 is 15.1 Å². The van der Waals surface area contributed by atoms with Crippen LogP contribution in [-0.2, 0) is 32.5 Å². The van der Waals surface area contributed by atoms with E-state index >= 15 is 0 Å². The topological polar surface area (TPSA) is 125 Å². The van der Waals surface area contributed by atoms with Crippen molar-refractivity contribution in [2.75, 3.05) is 0 Å². The van der Waals surface area contributed by atoms with E-state index in [1.54, 1.807) is 0 Å². The van der Waals surface area contributed by atoms with Crippen LogP contribution in [-0.4, -0.2) is 17.2 Å². The van der Waals surface area contributed by atoms with Crippen LogP contribution in [0.15, 0.2) is 30.3 Å². The maximum absolute atomic E-state index is 10.5. The van der Waals surface area contributed by atoms with Gasteiger partial charge >= 0.3 is 84.9 Å². The molecule has 1 aromatic carbocycles. The quantitative estimate of drug-likeness (QED) is 0.613. The van der Waals surface area contributed by atoms with E-state index in [4.69, 9.17) is 12.5 Å². The Kier molecular flexibility index (Phi) is 11.2. The number of benzene rings is 1. The van der Waals surface area contributed by atoms with E-state index in [1.807, 2.05) is 30.3 Å². The summed E-state index contributed by atoms with van der Waals surface area (Å²) in [5.74, 6) is -0.143. The summed E-state index contributed by atoms with van der Waals surface area (Å²) in [6, 6.07) is 9.94. The molecule has 6 nitrogen and oxygen atoms in total. The second kappa shape index (κ2) is 10.4. The van der Waals surface area contributed by atoms with Gasteiger partial charge in [-0.3, -0.25) is 0 Å². The van der Waals surface area contributed by atoms with Gasteiger partial charge in [0.1, 0.15) is 0 Å². The molecule has 1 amide bonds. The fraction of sp³-hybridized carbons (Fsp3) is 0.111. The van der Waals surface area contributed by atoms with Gasteiger partial charge in [0.25, 0.3) is 0 Å². The number of carbonyl (C=O) groups excluding carboxylic acids is 1. The van der Waals surface area contributed by atoms with E-state index < -0.39 is 31.1 Å². The van der Waals surface area contributed by atoms with Crippen LogP contribution in [0.3, 0.4) is 0 Å². The molecule has 0 aliphatic heterocycles. The van der Waals surface area contributed by atoms with Gasteiger partial charge in [0, 0.05) is 0 Å². The number of rotatable bonds is 2. The normalized spacial score (nSPS) is 7.31. The molecule has 0 heterocycles. The van der Waals surface area contributed by atoms with Crippen molar-refractivity contribution in [3.05, 3.63) is 30.3 Å². The molecule has 0 atom stereocenters. The number of hydrogen-bond donors (Lipinski definition) is 3. The Morgan fingerprint density at radius 1 is 1.31 bits per heavy atom. The molecule has 0 aliphatic rings. The molecule has 0 aliphatic carbocycles. The third-order valence-electron chi connectivity index (χ3n) is 1.28.